The molecule has 1 aromatic carbocycles. The van der Waals surface area contributed by atoms with E-state index in [2.05, 4.69) is 58.1 Å². The lowest BCUT2D eigenvalue weighted by Gasteiger charge is -2.13. The third-order valence-corrected chi connectivity index (χ3v) is 3.51. The molecule has 0 heterocycles. The SMILES string of the molecule is Cc1ccc(C(C)C)cc1OCCCCCNC(C)C. The van der Waals surface area contributed by atoms with Crippen molar-refractivity contribution in [1.82, 2.24) is 5.32 Å². The summed E-state index contributed by atoms with van der Waals surface area (Å²) in [6, 6.07) is 7.15. The van der Waals surface area contributed by atoms with E-state index in [0.717, 1.165) is 25.3 Å². The molecule has 0 fully saturated rings. The molecule has 1 aromatic rings. The van der Waals surface area contributed by atoms with Gasteiger partial charge in [0.2, 0.25) is 0 Å². The van der Waals surface area contributed by atoms with Crippen LogP contribution in [0.15, 0.2) is 18.2 Å². The Bertz CT molecular complexity index is 385. The van der Waals surface area contributed by atoms with Crippen molar-refractivity contribution in [1.29, 1.82) is 0 Å². The molecule has 0 radical (unpaired) electrons. The highest BCUT2D eigenvalue weighted by Gasteiger charge is 2.04. The van der Waals surface area contributed by atoms with Gasteiger partial charge < -0.3 is 10.1 Å². The molecule has 114 valence electrons. The Morgan fingerprint density at radius 3 is 2.45 bits per heavy atom. The number of unbranched alkanes of at least 4 members (excludes halogenated alkanes) is 2. The summed E-state index contributed by atoms with van der Waals surface area (Å²) in [5.41, 5.74) is 2.59. The van der Waals surface area contributed by atoms with Crippen molar-refractivity contribution in [3.05, 3.63) is 29.3 Å². The molecule has 0 atom stereocenters. The van der Waals surface area contributed by atoms with E-state index < -0.39 is 0 Å². The van der Waals surface area contributed by atoms with E-state index in [9.17, 15) is 0 Å². The molecular weight excluding hydrogens is 246 g/mol. The quantitative estimate of drug-likeness (QED) is 0.663. The third kappa shape index (κ3) is 6.42. The van der Waals surface area contributed by atoms with Crippen LogP contribution in [0.25, 0.3) is 0 Å². The van der Waals surface area contributed by atoms with Crippen LogP contribution in [0.4, 0.5) is 0 Å². The molecule has 0 saturated carbocycles. The molecule has 0 aliphatic rings. The molecule has 20 heavy (non-hydrogen) atoms. The summed E-state index contributed by atoms with van der Waals surface area (Å²) in [6.07, 6.45) is 3.58. The van der Waals surface area contributed by atoms with Crippen LogP contribution in [0.2, 0.25) is 0 Å². The molecule has 1 rings (SSSR count). The van der Waals surface area contributed by atoms with Crippen LogP contribution in [-0.2, 0) is 0 Å². The Hall–Kier alpha value is -1.02. The summed E-state index contributed by atoms with van der Waals surface area (Å²) in [6.45, 7) is 12.9. The van der Waals surface area contributed by atoms with Gasteiger partial charge in [0.1, 0.15) is 5.75 Å². The van der Waals surface area contributed by atoms with Gasteiger partial charge in [0.05, 0.1) is 6.61 Å². The van der Waals surface area contributed by atoms with Crippen molar-refractivity contribution in [3.8, 4) is 5.75 Å². The van der Waals surface area contributed by atoms with E-state index in [1.807, 2.05) is 0 Å². The molecule has 0 amide bonds. The van der Waals surface area contributed by atoms with Gasteiger partial charge in [-0.15, -0.1) is 0 Å². The zero-order valence-corrected chi connectivity index (χ0v) is 13.8. The second kappa shape index (κ2) is 9.02. The number of rotatable bonds is 9. The van der Waals surface area contributed by atoms with Gasteiger partial charge in [-0.2, -0.15) is 0 Å². The van der Waals surface area contributed by atoms with Gasteiger partial charge in [-0.25, -0.2) is 0 Å². The van der Waals surface area contributed by atoms with Crippen molar-refractivity contribution in [3.63, 3.8) is 0 Å². The fourth-order valence-electron chi connectivity index (χ4n) is 2.11. The average Bonchev–Trinajstić information content (AvgIpc) is 2.38. The molecule has 0 bridgehead atoms. The smallest absolute Gasteiger partial charge is 0.122 e. The van der Waals surface area contributed by atoms with Gasteiger partial charge >= 0.3 is 0 Å². The van der Waals surface area contributed by atoms with Gasteiger partial charge in [-0.3, -0.25) is 0 Å². The normalized spacial score (nSPS) is 11.3. The van der Waals surface area contributed by atoms with Crippen molar-refractivity contribution in [2.45, 2.75) is 65.8 Å². The van der Waals surface area contributed by atoms with Gasteiger partial charge in [0.15, 0.2) is 0 Å². The molecule has 2 nitrogen and oxygen atoms in total. The number of benzene rings is 1. The van der Waals surface area contributed by atoms with Crippen LogP contribution in [0, 0.1) is 6.92 Å². The average molecular weight is 277 g/mol. The maximum Gasteiger partial charge on any atom is 0.122 e. The molecule has 0 aliphatic carbocycles. The first-order chi connectivity index (χ1) is 9.50. The second-order valence-electron chi connectivity index (χ2n) is 6.20. The molecule has 0 spiro atoms. The Balaban J connectivity index is 2.26. The Kier molecular flexibility index (Phi) is 7.68. The highest BCUT2D eigenvalue weighted by Crippen LogP contribution is 2.24. The minimum absolute atomic E-state index is 0.556. The van der Waals surface area contributed by atoms with Crippen molar-refractivity contribution < 1.29 is 4.74 Å². The highest BCUT2D eigenvalue weighted by molar-refractivity contribution is 5.37. The molecule has 0 aromatic heterocycles. The minimum atomic E-state index is 0.556. The van der Waals surface area contributed by atoms with Crippen LogP contribution >= 0.6 is 0 Å². The monoisotopic (exact) mass is 277 g/mol. The van der Waals surface area contributed by atoms with Crippen LogP contribution in [0.5, 0.6) is 5.75 Å². The van der Waals surface area contributed by atoms with Gasteiger partial charge in [0, 0.05) is 6.04 Å². The second-order valence-corrected chi connectivity index (χ2v) is 6.20. The van der Waals surface area contributed by atoms with E-state index in [-0.39, 0.29) is 0 Å². The molecular formula is C18H31NO. The molecule has 0 unspecified atom stereocenters. The molecule has 2 heteroatoms. The zero-order valence-electron chi connectivity index (χ0n) is 13.8. The number of hydrogen-bond acceptors (Lipinski definition) is 2. The zero-order chi connectivity index (χ0) is 15.0. The van der Waals surface area contributed by atoms with E-state index >= 15 is 0 Å². The lowest BCUT2D eigenvalue weighted by atomic mass is 10.0. The number of ether oxygens (including phenoxy) is 1. The first-order valence-electron chi connectivity index (χ1n) is 7.97. The maximum absolute atomic E-state index is 5.93. The predicted octanol–water partition coefficient (Wildman–Crippen LogP) is 4.67. The molecule has 0 aliphatic heterocycles. The summed E-state index contributed by atoms with van der Waals surface area (Å²) in [5, 5.41) is 3.44. The number of aryl methyl sites for hydroxylation is 1. The first-order valence-corrected chi connectivity index (χ1v) is 7.97. The van der Waals surface area contributed by atoms with E-state index in [1.54, 1.807) is 0 Å². The third-order valence-electron chi connectivity index (χ3n) is 3.51. The van der Waals surface area contributed by atoms with Gasteiger partial charge in [-0.1, -0.05) is 39.8 Å². The Morgan fingerprint density at radius 2 is 1.80 bits per heavy atom. The maximum atomic E-state index is 5.93. The minimum Gasteiger partial charge on any atom is -0.493 e. The lowest BCUT2D eigenvalue weighted by molar-refractivity contribution is 0.302. The number of hydrogen-bond donors (Lipinski definition) is 1. The van der Waals surface area contributed by atoms with Crippen LogP contribution in [0.3, 0.4) is 0 Å². The van der Waals surface area contributed by atoms with Crippen molar-refractivity contribution >= 4 is 0 Å². The van der Waals surface area contributed by atoms with Gasteiger partial charge in [0.25, 0.3) is 0 Å². The van der Waals surface area contributed by atoms with Gasteiger partial charge in [-0.05, 0) is 55.8 Å². The fourth-order valence-corrected chi connectivity index (χ4v) is 2.11. The Morgan fingerprint density at radius 1 is 1.05 bits per heavy atom. The largest absolute Gasteiger partial charge is 0.493 e. The van der Waals surface area contributed by atoms with Crippen molar-refractivity contribution in [2.24, 2.45) is 0 Å². The lowest BCUT2D eigenvalue weighted by Crippen LogP contribution is -2.23. The highest BCUT2D eigenvalue weighted by atomic mass is 16.5. The summed E-state index contributed by atoms with van der Waals surface area (Å²) in [7, 11) is 0. The fraction of sp³-hybridized carbons (Fsp3) is 0.667. The summed E-state index contributed by atoms with van der Waals surface area (Å²) in [4.78, 5) is 0. The van der Waals surface area contributed by atoms with Crippen molar-refractivity contribution in [2.75, 3.05) is 13.2 Å². The van der Waals surface area contributed by atoms with E-state index in [0.29, 0.717) is 12.0 Å². The molecule has 1 N–H and O–H groups in total. The summed E-state index contributed by atoms with van der Waals surface area (Å²) in [5.74, 6) is 1.61. The van der Waals surface area contributed by atoms with Crippen LogP contribution in [-0.4, -0.2) is 19.2 Å². The summed E-state index contributed by atoms with van der Waals surface area (Å²) < 4.78 is 5.93. The van der Waals surface area contributed by atoms with E-state index in [4.69, 9.17) is 4.74 Å². The number of nitrogens with one attached hydrogen (secondary N) is 1. The standard InChI is InChI=1S/C18H31NO/c1-14(2)17-10-9-16(5)18(13-17)20-12-8-6-7-11-19-15(3)4/h9-10,13-15,19H,6-8,11-12H2,1-5H3. The van der Waals surface area contributed by atoms with E-state index in [1.165, 1.54) is 24.0 Å². The van der Waals surface area contributed by atoms with Crippen LogP contribution in [0.1, 0.15) is 64.0 Å². The summed E-state index contributed by atoms with van der Waals surface area (Å²) >= 11 is 0. The van der Waals surface area contributed by atoms with Crippen LogP contribution < -0.4 is 10.1 Å². The molecule has 0 saturated heterocycles. The topological polar surface area (TPSA) is 21.3 Å². The predicted molar refractivity (Wildman–Crippen MR) is 87.8 cm³/mol. The first kappa shape index (κ1) is 17.0. The Labute approximate surface area is 124 Å².